The first-order valence-electron chi connectivity index (χ1n) is 4.89. The molecule has 7 heteroatoms. The van der Waals surface area contributed by atoms with Gasteiger partial charge >= 0.3 is 0 Å². The Morgan fingerprint density at radius 3 is 3.07 bits per heavy atom. The Bertz CT molecular complexity index is 337. The number of likely N-dealkylation sites (tertiary alicyclic amines) is 1. The number of H-pyrrole nitrogens is 1. The van der Waals surface area contributed by atoms with Crippen LogP contribution in [-0.2, 0) is 0 Å². The van der Waals surface area contributed by atoms with Gasteiger partial charge in [-0.05, 0) is 18.6 Å². The number of hydrogen-bond donors (Lipinski definition) is 2. The number of rotatable bonds is 2. The van der Waals surface area contributed by atoms with Gasteiger partial charge in [-0.1, -0.05) is 0 Å². The van der Waals surface area contributed by atoms with E-state index in [0.717, 1.165) is 6.42 Å². The van der Waals surface area contributed by atoms with Crippen LogP contribution in [0.2, 0.25) is 0 Å². The third-order valence-electron chi connectivity index (χ3n) is 2.73. The van der Waals surface area contributed by atoms with Crippen molar-refractivity contribution in [1.82, 2.24) is 25.5 Å². The lowest BCUT2D eigenvalue weighted by molar-refractivity contribution is 0.0751. The first-order valence-corrected chi connectivity index (χ1v) is 4.89. The molecule has 0 bridgehead atoms. The Balaban J connectivity index is 1.99. The average molecular weight is 211 g/mol. The molecule has 2 unspecified atom stereocenters. The van der Waals surface area contributed by atoms with E-state index >= 15 is 0 Å². The van der Waals surface area contributed by atoms with Crippen LogP contribution in [0.5, 0.6) is 0 Å². The summed E-state index contributed by atoms with van der Waals surface area (Å²) < 4.78 is 0. The van der Waals surface area contributed by atoms with Gasteiger partial charge in [-0.25, -0.2) is 0 Å². The number of amides is 1. The summed E-state index contributed by atoms with van der Waals surface area (Å²) in [7, 11) is 0. The molecule has 0 aliphatic carbocycles. The summed E-state index contributed by atoms with van der Waals surface area (Å²) in [5, 5.41) is 22.2. The minimum atomic E-state index is -0.381. The fourth-order valence-electron chi connectivity index (χ4n) is 1.76. The van der Waals surface area contributed by atoms with Crippen molar-refractivity contribution >= 4 is 5.91 Å². The quantitative estimate of drug-likeness (QED) is 0.657. The van der Waals surface area contributed by atoms with Crippen LogP contribution in [-0.4, -0.2) is 55.7 Å². The second kappa shape index (κ2) is 3.93. The molecule has 1 aromatic rings. The number of tetrazole rings is 1. The summed E-state index contributed by atoms with van der Waals surface area (Å²) in [6.07, 6.45) is 0.439. The first kappa shape index (κ1) is 10.0. The van der Waals surface area contributed by atoms with Crippen LogP contribution < -0.4 is 0 Å². The number of nitrogens with one attached hydrogen (secondary N) is 1. The number of carbonyl (C=O) groups is 1. The molecule has 1 fully saturated rings. The predicted molar refractivity (Wildman–Crippen MR) is 49.9 cm³/mol. The largest absolute Gasteiger partial charge is 0.393 e. The highest BCUT2D eigenvalue weighted by molar-refractivity contribution is 5.90. The van der Waals surface area contributed by atoms with Gasteiger partial charge in [-0.3, -0.25) is 4.79 Å². The van der Waals surface area contributed by atoms with E-state index in [9.17, 15) is 9.90 Å². The molecule has 15 heavy (non-hydrogen) atoms. The van der Waals surface area contributed by atoms with Crippen molar-refractivity contribution in [3.63, 3.8) is 0 Å². The van der Waals surface area contributed by atoms with Gasteiger partial charge in [0.2, 0.25) is 0 Å². The van der Waals surface area contributed by atoms with Gasteiger partial charge in [-0.2, -0.15) is 5.21 Å². The van der Waals surface area contributed by atoms with Crippen molar-refractivity contribution in [1.29, 1.82) is 0 Å². The van der Waals surface area contributed by atoms with Gasteiger partial charge in [-0.15, -0.1) is 10.2 Å². The van der Waals surface area contributed by atoms with Crippen molar-refractivity contribution in [2.24, 2.45) is 5.92 Å². The minimum absolute atomic E-state index is 0.0845. The highest BCUT2D eigenvalue weighted by Gasteiger charge is 2.31. The summed E-state index contributed by atoms with van der Waals surface area (Å²) in [5.74, 6) is 0.00833. The number of aliphatic hydroxyl groups excluding tert-OH is 1. The molecule has 1 aliphatic heterocycles. The molecular weight excluding hydrogens is 198 g/mol. The molecule has 1 aliphatic rings. The molecule has 1 aromatic heterocycles. The smallest absolute Gasteiger partial charge is 0.295 e. The molecule has 2 N–H and O–H groups in total. The number of nitrogens with zero attached hydrogens (tertiary/aromatic N) is 4. The topological polar surface area (TPSA) is 95.0 Å². The van der Waals surface area contributed by atoms with Crippen molar-refractivity contribution in [2.45, 2.75) is 19.4 Å². The van der Waals surface area contributed by atoms with Crippen LogP contribution in [0.1, 0.15) is 24.0 Å². The van der Waals surface area contributed by atoms with E-state index in [-0.39, 0.29) is 23.8 Å². The number of hydrogen-bond acceptors (Lipinski definition) is 5. The van der Waals surface area contributed by atoms with Crippen molar-refractivity contribution in [3.05, 3.63) is 5.82 Å². The van der Waals surface area contributed by atoms with Crippen molar-refractivity contribution in [2.75, 3.05) is 13.1 Å². The van der Waals surface area contributed by atoms with E-state index in [1.807, 2.05) is 0 Å². The molecule has 1 amide bonds. The van der Waals surface area contributed by atoms with Crippen LogP contribution in [0.15, 0.2) is 0 Å². The molecule has 2 rings (SSSR count). The SMILES string of the molecule is CC(O)C1CCN(C(=O)c2nn[nH]n2)C1. The zero-order chi connectivity index (χ0) is 10.8. The zero-order valence-corrected chi connectivity index (χ0v) is 8.42. The maximum Gasteiger partial charge on any atom is 0.295 e. The monoisotopic (exact) mass is 211 g/mol. The van der Waals surface area contributed by atoms with Gasteiger partial charge in [0.1, 0.15) is 0 Å². The van der Waals surface area contributed by atoms with Crippen LogP contribution in [0.4, 0.5) is 0 Å². The van der Waals surface area contributed by atoms with Gasteiger partial charge in [0, 0.05) is 19.0 Å². The van der Waals surface area contributed by atoms with E-state index in [1.54, 1.807) is 11.8 Å². The van der Waals surface area contributed by atoms with Gasteiger partial charge in [0.25, 0.3) is 11.7 Å². The third kappa shape index (κ3) is 1.96. The lowest BCUT2D eigenvalue weighted by Crippen LogP contribution is -2.31. The molecule has 7 nitrogen and oxygen atoms in total. The second-order valence-corrected chi connectivity index (χ2v) is 3.78. The molecule has 2 heterocycles. The summed E-state index contributed by atoms with van der Waals surface area (Å²) in [6, 6.07) is 0. The number of aliphatic hydroxyl groups is 1. The molecule has 0 aromatic carbocycles. The zero-order valence-electron chi connectivity index (χ0n) is 8.42. The minimum Gasteiger partial charge on any atom is -0.393 e. The van der Waals surface area contributed by atoms with E-state index in [4.69, 9.17) is 0 Å². The lowest BCUT2D eigenvalue weighted by Gasteiger charge is -2.15. The fourth-order valence-corrected chi connectivity index (χ4v) is 1.76. The first-order chi connectivity index (χ1) is 7.18. The summed E-state index contributed by atoms with van der Waals surface area (Å²) in [5.41, 5.74) is 0. The third-order valence-corrected chi connectivity index (χ3v) is 2.73. The number of aromatic amines is 1. The molecule has 1 saturated heterocycles. The standard InChI is InChI=1S/C8H13N5O2/c1-5(14)6-2-3-13(4-6)8(15)7-9-11-12-10-7/h5-6,14H,2-4H2,1H3,(H,9,10,11,12). The Kier molecular flexibility index (Phi) is 2.63. The van der Waals surface area contributed by atoms with Gasteiger partial charge in [0.05, 0.1) is 6.10 Å². The Morgan fingerprint density at radius 2 is 2.53 bits per heavy atom. The van der Waals surface area contributed by atoms with Gasteiger partial charge < -0.3 is 10.0 Å². The summed E-state index contributed by atoms with van der Waals surface area (Å²) >= 11 is 0. The van der Waals surface area contributed by atoms with Crippen LogP contribution in [0.3, 0.4) is 0 Å². The number of carbonyl (C=O) groups excluding carboxylic acids is 1. The highest BCUT2D eigenvalue weighted by Crippen LogP contribution is 2.20. The molecule has 82 valence electrons. The maximum atomic E-state index is 11.7. The normalized spacial score (nSPS) is 23.1. The number of aromatic nitrogens is 4. The molecule has 0 spiro atoms. The Hall–Kier alpha value is -1.50. The van der Waals surface area contributed by atoms with Crippen molar-refractivity contribution < 1.29 is 9.90 Å². The van der Waals surface area contributed by atoms with Crippen LogP contribution in [0.25, 0.3) is 0 Å². The maximum absolute atomic E-state index is 11.7. The Morgan fingerprint density at radius 1 is 1.73 bits per heavy atom. The predicted octanol–water partition coefficient (Wildman–Crippen LogP) is -0.957. The van der Waals surface area contributed by atoms with E-state index in [0.29, 0.717) is 13.1 Å². The van der Waals surface area contributed by atoms with Gasteiger partial charge in [0.15, 0.2) is 0 Å². The summed E-state index contributed by atoms with van der Waals surface area (Å²) in [4.78, 5) is 13.4. The van der Waals surface area contributed by atoms with Crippen LogP contribution in [0, 0.1) is 5.92 Å². The van der Waals surface area contributed by atoms with E-state index < -0.39 is 0 Å². The van der Waals surface area contributed by atoms with E-state index in [1.165, 1.54) is 0 Å². The average Bonchev–Trinajstić information content (AvgIpc) is 2.88. The lowest BCUT2D eigenvalue weighted by atomic mass is 10.0. The molecular formula is C8H13N5O2. The van der Waals surface area contributed by atoms with E-state index in [2.05, 4.69) is 20.6 Å². The van der Waals surface area contributed by atoms with Crippen LogP contribution >= 0.6 is 0 Å². The molecule has 0 saturated carbocycles. The Labute approximate surface area is 86.5 Å². The molecule has 0 radical (unpaired) electrons. The highest BCUT2D eigenvalue weighted by atomic mass is 16.3. The van der Waals surface area contributed by atoms with Crippen molar-refractivity contribution in [3.8, 4) is 0 Å². The fraction of sp³-hybridized carbons (Fsp3) is 0.750. The molecule has 2 atom stereocenters. The summed E-state index contributed by atoms with van der Waals surface area (Å²) in [6.45, 7) is 2.95. The second-order valence-electron chi connectivity index (χ2n) is 3.78.